The van der Waals surface area contributed by atoms with E-state index in [0.717, 1.165) is 43.9 Å². The Kier molecular flexibility index (Phi) is 3.71. The zero-order chi connectivity index (χ0) is 13.8. The molecule has 0 N–H and O–H groups in total. The van der Waals surface area contributed by atoms with Crippen molar-refractivity contribution in [2.45, 2.75) is 25.7 Å². The van der Waals surface area contributed by atoms with Crippen molar-refractivity contribution in [1.29, 1.82) is 0 Å². The molecule has 3 heterocycles. The van der Waals surface area contributed by atoms with Crippen molar-refractivity contribution in [2.24, 2.45) is 0 Å². The lowest BCUT2D eigenvalue weighted by atomic mass is 10.2. The van der Waals surface area contributed by atoms with Gasteiger partial charge in [-0.05, 0) is 25.0 Å². The molecule has 2 aromatic heterocycles. The quantitative estimate of drug-likeness (QED) is 0.820. The van der Waals surface area contributed by atoms with Crippen molar-refractivity contribution in [3.8, 4) is 5.69 Å². The van der Waals surface area contributed by atoms with Gasteiger partial charge in [-0.15, -0.1) is 0 Å². The van der Waals surface area contributed by atoms with E-state index >= 15 is 0 Å². The van der Waals surface area contributed by atoms with Crippen LogP contribution in [0.15, 0.2) is 30.9 Å². The van der Waals surface area contributed by atoms with E-state index in [4.69, 9.17) is 0 Å². The van der Waals surface area contributed by atoms with Crippen molar-refractivity contribution < 1.29 is 4.79 Å². The lowest BCUT2D eigenvalue weighted by molar-refractivity contribution is -0.127. The summed E-state index contributed by atoms with van der Waals surface area (Å²) in [5, 5.41) is 4.25. The Labute approximate surface area is 117 Å². The monoisotopic (exact) mass is 271 g/mol. The van der Waals surface area contributed by atoms with E-state index in [-0.39, 0.29) is 5.91 Å². The average molecular weight is 271 g/mol. The van der Waals surface area contributed by atoms with Crippen LogP contribution in [0.25, 0.3) is 5.69 Å². The first kappa shape index (κ1) is 12.8. The summed E-state index contributed by atoms with van der Waals surface area (Å²) in [6.45, 7) is 1.71. The fourth-order valence-electron chi connectivity index (χ4n) is 2.51. The highest BCUT2D eigenvalue weighted by Crippen LogP contribution is 2.12. The molecule has 6 nitrogen and oxygen atoms in total. The lowest BCUT2D eigenvalue weighted by Gasteiger charge is -2.14. The molecule has 3 rings (SSSR count). The second-order valence-electron chi connectivity index (χ2n) is 4.88. The van der Waals surface area contributed by atoms with Crippen LogP contribution in [0.1, 0.15) is 25.1 Å². The van der Waals surface area contributed by atoms with Crippen LogP contribution in [-0.2, 0) is 11.2 Å². The Bertz CT molecular complexity index is 580. The first-order valence-electron chi connectivity index (χ1n) is 6.91. The van der Waals surface area contributed by atoms with E-state index in [1.54, 1.807) is 18.7 Å². The summed E-state index contributed by atoms with van der Waals surface area (Å²) in [6.07, 6.45) is 8.46. The van der Waals surface area contributed by atoms with Crippen LogP contribution in [0, 0.1) is 0 Å². The highest BCUT2D eigenvalue weighted by Gasteiger charge is 2.19. The molecule has 0 unspecified atom stereocenters. The summed E-state index contributed by atoms with van der Waals surface area (Å²) in [7, 11) is 0. The van der Waals surface area contributed by atoms with Crippen LogP contribution in [-0.4, -0.2) is 43.6 Å². The number of hydrogen-bond donors (Lipinski definition) is 0. The van der Waals surface area contributed by atoms with E-state index in [9.17, 15) is 4.79 Å². The predicted octanol–water partition coefficient (Wildman–Crippen LogP) is 1.22. The zero-order valence-corrected chi connectivity index (χ0v) is 11.3. The molecule has 1 aliphatic rings. The molecule has 0 aromatic carbocycles. The maximum Gasteiger partial charge on any atom is 0.222 e. The number of pyridine rings is 1. The van der Waals surface area contributed by atoms with E-state index in [1.165, 1.54) is 0 Å². The number of rotatable bonds is 5. The Morgan fingerprint density at radius 2 is 2.10 bits per heavy atom. The fraction of sp³-hybridized carbons (Fsp3) is 0.429. The van der Waals surface area contributed by atoms with Gasteiger partial charge in [0.25, 0.3) is 0 Å². The lowest BCUT2D eigenvalue weighted by Crippen LogP contribution is -2.26. The smallest absolute Gasteiger partial charge is 0.222 e. The van der Waals surface area contributed by atoms with Crippen molar-refractivity contribution in [3.05, 3.63) is 36.7 Å². The highest BCUT2D eigenvalue weighted by molar-refractivity contribution is 5.77. The normalized spacial score (nSPS) is 15.0. The molecule has 0 radical (unpaired) electrons. The van der Waals surface area contributed by atoms with Crippen LogP contribution < -0.4 is 0 Å². The standard InChI is InChI=1S/C14H17N5O/c20-14-4-2-10-18(14)9-1-3-13-16-11-17-19(13)12-5-7-15-8-6-12/h5-8,11H,1-4,9-10H2. The van der Waals surface area contributed by atoms with Crippen LogP contribution >= 0.6 is 0 Å². The van der Waals surface area contributed by atoms with Crippen molar-refractivity contribution in [1.82, 2.24) is 24.6 Å². The molecule has 0 atom stereocenters. The highest BCUT2D eigenvalue weighted by atomic mass is 16.2. The minimum absolute atomic E-state index is 0.278. The second kappa shape index (κ2) is 5.81. The number of aromatic nitrogens is 4. The number of aryl methyl sites for hydroxylation is 1. The largest absolute Gasteiger partial charge is 0.343 e. The SMILES string of the molecule is O=C1CCCN1CCCc1ncnn1-c1ccncc1. The van der Waals surface area contributed by atoms with Gasteiger partial charge in [-0.2, -0.15) is 5.10 Å². The predicted molar refractivity (Wildman–Crippen MR) is 73.3 cm³/mol. The topological polar surface area (TPSA) is 63.9 Å². The van der Waals surface area contributed by atoms with Crippen LogP contribution in [0.3, 0.4) is 0 Å². The van der Waals surface area contributed by atoms with Gasteiger partial charge in [-0.1, -0.05) is 0 Å². The Balaban J connectivity index is 1.61. The van der Waals surface area contributed by atoms with Gasteiger partial charge in [0.15, 0.2) is 0 Å². The number of hydrogen-bond acceptors (Lipinski definition) is 4. The minimum Gasteiger partial charge on any atom is -0.343 e. The number of amides is 1. The molecule has 6 heteroatoms. The maximum atomic E-state index is 11.5. The summed E-state index contributed by atoms with van der Waals surface area (Å²) < 4.78 is 1.83. The van der Waals surface area contributed by atoms with Gasteiger partial charge in [0.05, 0.1) is 5.69 Å². The van der Waals surface area contributed by atoms with Crippen molar-refractivity contribution >= 4 is 5.91 Å². The van der Waals surface area contributed by atoms with Gasteiger partial charge >= 0.3 is 0 Å². The first-order chi connectivity index (χ1) is 9.84. The second-order valence-corrected chi connectivity index (χ2v) is 4.88. The van der Waals surface area contributed by atoms with Gasteiger partial charge in [0, 0.05) is 38.3 Å². The minimum atomic E-state index is 0.278. The fourth-order valence-corrected chi connectivity index (χ4v) is 2.51. The van der Waals surface area contributed by atoms with Crippen LogP contribution in [0.2, 0.25) is 0 Å². The third-order valence-electron chi connectivity index (χ3n) is 3.53. The Morgan fingerprint density at radius 3 is 2.85 bits per heavy atom. The van der Waals surface area contributed by atoms with Gasteiger partial charge < -0.3 is 4.90 Å². The number of likely N-dealkylation sites (tertiary alicyclic amines) is 1. The number of carbonyl (C=O) groups is 1. The summed E-state index contributed by atoms with van der Waals surface area (Å²) in [6, 6.07) is 3.81. The van der Waals surface area contributed by atoms with Crippen LogP contribution in [0.5, 0.6) is 0 Å². The number of carbonyl (C=O) groups excluding carboxylic acids is 1. The molecule has 1 amide bonds. The molecule has 20 heavy (non-hydrogen) atoms. The van der Waals surface area contributed by atoms with Crippen molar-refractivity contribution in [3.63, 3.8) is 0 Å². The number of nitrogens with zero attached hydrogens (tertiary/aromatic N) is 5. The van der Waals surface area contributed by atoms with E-state index in [2.05, 4.69) is 15.1 Å². The summed E-state index contributed by atoms with van der Waals surface area (Å²) in [5.41, 5.74) is 0.963. The zero-order valence-electron chi connectivity index (χ0n) is 11.3. The molecule has 1 aliphatic heterocycles. The van der Waals surface area contributed by atoms with Gasteiger partial charge in [0.1, 0.15) is 12.2 Å². The molecule has 2 aromatic rings. The molecular formula is C14H17N5O. The van der Waals surface area contributed by atoms with E-state index in [1.807, 2.05) is 21.7 Å². The van der Waals surface area contributed by atoms with Gasteiger partial charge in [-0.25, -0.2) is 9.67 Å². The first-order valence-corrected chi connectivity index (χ1v) is 6.91. The average Bonchev–Trinajstić information content (AvgIpc) is 3.10. The summed E-state index contributed by atoms with van der Waals surface area (Å²) in [5.74, 6) is 1.20. The summed E-state index contributed by atoms with van der Waals surface area (Å²) >= 11 is 0. The molecule has 104 valence electrons. The van der Waals surface area contributed by atoms with E-state index < -0.39 is 0 Å². The molecule has 0 saturated carbocycles. The van der Waals surface area contributed by atoms with Crippen molar-refractivity contribution in [2.75, 3.05) is 13.1 Å². The third kappa shape index (κ3) is 2.68. The molecule has 0 spiro atoms. The van der Waals surface area contributed by atoms with Gasteiger partial charge in [0.2, 0.25) is 5.91 Å². The Hall–Kier alpha value is -2.24. The molecule has 0 aliphatic carbocycles. The van der Waals surface area contributed by atoms with Gasteiger partial charge in [-0.3, -0.25) is 9.78 Å². The summed E-state index contributed by atoms with van der Waals surface area (Å²) in [4.78, 5) is 21.8. The molecule has 0 bridgehead atoms. The maximum absolute atomic E-state index is 11.5. The molecule has 1 fully saturated rings. The third-order valence-corrected chi connectivity index (χ3v) is 3.53. The van der Waals surface area contributed by atoms with Crippen LogP contribution in [0.4, 0.5) is 0 Å². The molecular weight excluding hydrogens is 254 g/mol. The van der Waals surface area contributed by atoms with E-state index in [0.29, 0.717) is 6.42 Å². The Morgan fingerprint density at radius 1 is 1.25 bits per heavy atom. The molecule has 1 saturated heterocycles.